The highest BCUT2D eigenvalue weighted by molar-refractivity contribution is 5.85. The molecule has 0 aromatic heterocycles. The lowest BCUT2D eigenvalue weighted by molar-refractivity contribution is -0.149. The lowest BCUT2D eigenvalue weighted by Gasteiger charge is -2.41. The molecule has 3 aliphatic rings. The van der Waals surface area contributed by atoms with Gasteiger partial charge in [-0.25, -0.2) is 0 Å². The standard InChI is InChI=1S/C9H15NO2.ClH/c1-12-9(11)7-4-6-2-3-8(7)10-5-6;/h6-8,10H,2-5H2,1H3;1H. The van der Waals surface area contributed by atoms with Crippen LogP contribution in [0, 0.1) is 11.8 Å². The van der Waals surface area contributed by atoms with E-state index >= 15 is 0 Å². The molecule has 4 heteroatoms. The molecule has 3 unspecified atom stereocenters. The molecular weight excluding hydrogens is 190 g/mol. The van der Waals surface area contributed by atoms with Gasteiger partial charge >= 0.3 is 5.97 Å². The summed E-state index contributed by atoms with van der Waals surface area (Å²) in [6.07, 6.45) is 3.46. The van der Waals surface area contributed by atoms with Gasteiger partial charge in [0.05, 0.1) is 13.0 Å². The third-order valence-corrected chi connectivity index (χ3v) is 3.13. The van der Waals surface area contributed by atoms with Crippen molar-refractivity contribution < 1.29 is 9.53 Å². The summed E-state index contributed by atoms with van der Waals surface area (Å²) < 4.78 is 4.76. The van der Waals surface area contributed by atoms with E-state index in [1.165, 1.54) is 13.5 Å². The number of methoxy groups -OCH3 is 1. The van der Waals surface area contributed by atoms with Gasteiger partial charge in [-0.3, -0.25) is 4.79 Å². The van der Waals surface area contributed by atoms with Crippen molar-refractivity contribution in [3.05, 3.63) is 0 Å². The van der Waals surface area contributed by atoms with Gasteiger partial charge < -0.3 is 10.1 Å². The SMILES string of the molecule is COC(=O)C1CC2CCC1NC2.Cl. The van der Waals surface area contributed by atoms with Gasteiger partial charge in [0.1, 0.15) is 0 Å². The maximum atomic E-state index is 11.3. The fourth-order valence-corrected chi connectivity index (χ4v) is 2.42. The molecule has 0 spiro atoms. The number of carbonyl (C=O) groups is 1. The molecule has 2 heterocycles. The summed E-state index contributed by atoms with van der Waals surface area (Å²) in [5, 5.41) is 3.38. The maximum Gasteiger partial charge on any atom is 0.310 e. The third kappa shape index (κ3) is 1.97. The Morgan fingerprint density at radius 3 is 2.62 bits per heavy atom. The Hall–Kier alpha value is -0.280. The second-order valence-corrected chi connectivity index (χ2v) is 3.82. The minimum absolute atomic E-state index is 0. The third-order valence-electron chi connectivity index (χ3n) is 3.13. The number of ether oxygens (including phenoxy) is 1. The highest BCUT2D eigenvalue weighted by Crippen LogP contribution is 2.34. The number of hydrogen-bond acceptors (Lipinski definition) is 3. The second kappa shape index (κ2) is 4.29. The van der Waals surface area contributed by atoms with E-state index in [4.69, 9.17) is 4.74 Å². The molecular formula is C9H16ClNO2. The van der Waals surface area contributed by atoms with Gasteiger partial charge in [-0.1, -0.05) is 0 Å². The van der Waals surface area contributed by atoms with E-state index < -0.39 is 0 Å². The first kappa shape index (κ1) is 10.8. The number of fused-ring (bicyclic) bond motifs is 3. The highest BCUT2D eigenvalue weighted by atomic mass is 35.5. The first-order valence-corrected chi connectivity index (χ1v) is 4.62. The molecule has 3 fully saturated rings. The number of piperidine rings is 2. The summed E-state index contributed by atoms with van der Waals surface area (Å²) in [4.78, 5) is 11.3. The molecule has 2 aliphatic heterocycles. The van der Waals surface area contributed by atoms with Crippen LogP contribution in [0.5, 0.6) is 0 Å². The van der Waals surface area contributed by atoms with Crippen LogP contribution in [0.25, 0.3) is 0 Å². The zero-order valence-electron chi connectivity index (χ0n) is 7.79. The van der Waals surface area contributed by atoms with Crippen LogP contribution in [0.1, 0.15) is 19.3 Å². The lowest BCUT2D eigenvalue weighted by Crippen LogP contribution is -2.52. The summed E-state index contributed by atoms with van der Waals surface area (Å²) in [5.74, 6) is 0.804. The zero-order valence-corrected chi connectivity index (χ0v) is 8.60. The number of halogens is 1. The van der Waals surface area contributed by atoms with Crippen molar-refractivity contribution in [2.45, 2.75) is 25.3 Å². The molecule has 1 N–H and O–H groups in total. The summed E-state index contributed by atoms with van der Waals surface area (Å²) in [6.45, 7) is 1.10. The molecule has 3 atom stereocenters. The molecule has 1 aliphatic carbocycles. The van der Waals surface area contributed by atoms with E-state index in [1.54, 1.807) is 0 Å². The fraction of sp³-hybridized carbons (Fsp3) is 0.889. The van der Waals surface area contributed by atoms with Crippen molar-refractivity contribution in [3.8, 4) is 0 Å². The van der Waals surface area contributed by atoms with Crippen LogP contribution in [0.4, 0.5) is 0 Å². The van der Waals surface area contributed by atoms with Gasteiger partial charge in [0.25, 0.3) is 0 Å². The number of hydrogen-bond donors (Lipinski definition) is 1. The predicted molar refractivity (Wildman–Crippen MR) is 51.9 cm³/mol. The first-order chi connectivity index (χ1) is 5.81. The Morgan fingerprint density at radius 2 is 2.23 bits per heavy atom. The van der Waals surface area contributed by atoms with Crippen LogP contribution >= 0.6 is 12.4 Å². The topological polar surface area (TPSA) is 38.3 Å². The van der Waals surface area contributed by atoms with Crippen molar-refractivity contribution in [1.82, 2.24) is 5.32 Å². The molecule has 76 valence electrons. The Kier molecular flexibility index (Phi) is 3.56. The van der Waals surface area contributed by atoms with Crippen LogP contribution in [0.2, 0.25) is 0 Å². The second-order valence-electron chi connectivity index (χ2n) is 3.82. The molecule has 0 amide bonds. The van der Waals surface area contributed by atoms with Crippen molar-refractivity contribution in [2.75, 3.05) is 13.7 Å². The van der Waals surface area contributed by atoms with Gasteiger partial charge in [-0.05, 0) is 31.7 Å². The Balaban J connectivity index is 0.000000845. The largest absolute Gasteiger partial charge is 0.469 e. The zero-order chi connectivity index (χ0) is 8.55. The maximum absolute atomic E-state index is 11.3. The van der Waals surface area contributed by atoms with E-state index in [1.807, 2.05) is 0 Å². The van der Waals surface area contributed by atoms with Crippen LogP contribution in [-0.4, -0.2) is 25.7 Å². The quantitative estimate of drug-likeness (QED) is 0.649. The Bertz CT molecular complexity index is 190. The smallest absolute Gasteiger partial charge is 0.310 e. The van der Waals surface area contributed by atoms with Crippen LogP contribution in [0.3, 0.4) is 0 Å². The summed E-state index contributed by atoms with van der Waals surface area (Å²) in [7, 11) is 1.48. The van der Waals surface area contributed by atoms with Crippen molar-refractivity contribution in [2.24, 2.45) is 11.8 Å². The molecule has 0 aromatic carbocycles. The minimum Gasteiger partial charge on any atom is -0.469 e. The molecule has 3 rings (SSSR count). The Labute approximate surface area is 84.6 Å². The number of esters is 1. The van der Waals surface area contributed by atoms with E-state index in [-0.39, 0.29) is 24.3 Å². The monoisotopic (exact) mass is 205 g/mol. The van der Waals surface area contributed by atoms with Crippen LogP contribution in [0.15, 0.2) is 0 Å². The van der Waals surface area contributed by atoms with E-state index in [9.17, 15) is 4.79 Å². The predicted octanol–water partition coefficient (Wildman–Crippen LogP) is 0.969. The summed E-state index contributed by atoms with van der Waals surface area (Å²) >= 11 is 0. The van der Waals surface area contributed by atoms with E-state index in [0.717, 1.165) is 19.4 Å². The van der Waals surface area contributed by atoms with Gasteiger partial charge in [0, 0.05) is 6.04 Å². The van der Waals surface area contributed by atoms with Crippen LogP contribution in [-0.2, 0) is 9.53 Å². The van der Waals surface area contributed by atoms with Gasteiger partial charge in [0.2, 0.25) is 0 Å². The molecule has 1 saturated carbocycles. The number of nitrogens with one attached hydrogen (secondary N) is 1. The van der Waals surface area contributed by atoms with Crippen molar-refractivity contribution in [3.63, 3.8) is 0 Å². The molecule has 2 bridgehead atoms. The fourth-order valence-electron chi connectivity index (χ4n) is 2.42. The van der Waals surface area contributed by atoms with Crippen LogP contribution < -0.4 is 5.32 Å². The molecule has 13 heavy (non-hydrogen) atoms. The van der Waals surface area contributed by atoms with Crippen molar-refractivity contribution >= 4 is 18.4 Å². The average Bonchev–Trinajstić information content (AvgIpc) is 2.18. The lowest BCUT2D eigenvalue weighted by atomic mass is 9.74. The van der Waals surface area contributed by atoms with Gasteiger partial charge in [-0.2, -0.15) is 0 Å². The van der Waals surface area contributed by atoms with Gasteiger partial charge in [0.15, 0.2) is 0 Å². The van der Waals surface area contributed by atoms with E-state index in [0.29, 0.717) is 12.0 Å². The van der Waals surface area contributed by atoms with E-state index in [2.05, 4.69) is 5.32 Å². The van der Waals surface area contributed by atoms with Crippen molar-refractivity contribution in [1.29, 1.82) is 0 Å². The molecule has 0 aromatic rings. The first-order valence-electron chi connectivity index (χ1n) is 4.62. The summed E-state index contributed by atoms with van der Waals surface area (Å²) in [6, 6.07) is 0.391. The molecule has 0 radical (unpaired) electrons. The number of rotatable bonds is 1. The highest BCUT2D eigenvalue weighted by Gasteiger charge is 2.39. The molecule has 3 nitrogen and oxygen atoms in total. The minimum atomic E-state index is -0.0306. The average molecular weight is 206 g/mol. The molecule has 2 saturated heterocycles. The Morgan fingerprint density at radius 1 is 1.46 bits per heavy atom. The van der Waals surface area contributed by atoms with Gasteiger partial charge in [-0.15, -0.1) is 12.4 Å². The number of carbonyl (C=O) groups excluding carboxylic acids is 1. The summed E-state index contributed by atoms with van der Waals surface area (Å²) in [5.41, 5.74) is 0. The normalized spacial score (nSPS) is 36.5.